The molecule has 0 radical (unpaired) electrons. The predicted molar refractivity (Wildman–Crippen MR) is 179 cm³/mol. The quantitative estimate of drug-likeness (QED) is 0.137. The van der Waals surface area contributed by atoms with Crippen molar-refractivity contribution in [2.45, 2.75) is 11.8 Å². The standard InChI is InChI=1S/C42H18/c1-5-19-13-23-9-10-25-15-21-7-3-18-4-8-22-16-26-12-11-24-14-20-6-2-17(1)27-29(19)37-33(23)35(25)39-31(21)28(18)32(22)40-36(26)34(24)38(30(20)27)42(40)41(37)39/h1-16,41-42H. The molecule has 14 rings (SSSR count). The van der Waals surface area contributed by atoms with Crippen molar-refractivity contribution in [2.24, 2.45) is 0 Å². The van der Waals surface area contributed by atoms with Gasteiger partial charge in [0.25, 0.3) is 0 Å². The molecule has 10 aromatic rings. The van der Waals surface area contributed by atoms with Gasteiger partial charge >= 0.3 is 0 Å². The van der Waals surface area contributed by atoms with E-state index in [-0.39, 0.29) is 0 Å². The van der Waals surface area contributed by atoms with Crippen molar-refractivity contribution in [3.05, 3.63) is 119 Å². The molecule has 0 nitrogen and oxygen atoms in total. The minimum absolute atomic E-state index is 0.311. The molecule has 42 heavy (non-hydrogen) atoms. The van der Waals surface area contributed by atoms with Crippen LogP contribution in [0.1, 0.15) is 34.1 Å². The van der Waals surface area contributed by atoms with E-state index in [1.807, 2.05) is 0 Å². The first-order valence-electron chi connectivity index (χ1n) is 15.3. The molecule has 0 atom stereocenters. The second-order valence-electron chi connectivity index (χ2n) is 13.5. The highest BCUT2D eigenvalue weighted by molar-refractivity contribution is 6.38. The first kappa shape index (κ1) is 19.0. The second-order valence-corrected chi connectivity index (χ2v) is 13.5. The Morgan fingerprint density at radius 1 is 0.214 bits per heavy atom. The van der Waals surface area contributed by atoms with Gasteiger partial charge in [-0.25, -0.2) is 0 Å². The van der Waals surface area contributed by atoms with Crippen molar-refractivity contribution >= 4 is 108 Å². The Morgan fingerprint density at radius 3 is 0.643 bits per heavy atom. The Hall–Kier alpha value is -5.20. The monoisotopic (exact) mass is 522 g/mol. The summed E-state index contributed by atoms with van der Waals surface area (Å²) in [5.74, 6) is 0.622. The van der Waals surface area contributed by atoms with Crippen LogP contribution in [-0.2, 0) is 0 Å². The minimum Gasteiger partial charge on any atom is -0.0537 e. The molecular formula is C42H18. The van der Waals surface area contributed by atoms with Gasteiger partial charge in [-0.3, -0.25) is 0 Å². The van der Waals surface area contributed by atoms with Gasteiger partial charge in [-0.2, -0.15) is 0 Å². The van der Waals surface area contributed by atoms with Crippen molar-refractivity contribution in [2.75, 3.05) is 0 Å². The summed E-state index contributed by atoms with van der Waals surface area (Å²) in [6.45, 7) is 0. The van der Waals surface area contributed by atoms with Crippen molar-refractivity contribution in [1.29, 1.82) is 0 Å². The van der Waals surface area contributed by atoms with Gasteiger partial charge in [0.1, 0.15) is 0 Å². The van der Waals surface area contributed by atoms with Gasteiger partial charge in [0, 0.05) is 11.8 Å². The third-order valence-corrected chi connectivity index (χ3v) is 12.0. The van der Waals surface area contributed by atoms with Crippen molar-refractivity contribution in [1.82, 2.24) is 0 Å². The first-order chi connectivity index (χ1) is 20.8. The van der Waals surface area contributed by atoms with E-state index in [1.165, 1.54) is 108 Å². The topological polar surface area (TPSA) is 0 Å². The highest BCUT2D eigenvalue weighted by Gasteiger charge is 2.46. The molecule has 0 aliphatic heterocycles. The third-order valence-electron chi connectivity index (χ3n) is 12.0. The highest BCUT2D eigenvalue weighted by Crippen LogP contribution is 2.67. The molecule has 4 aliphatic carbocycles. The maximum absolute atomic E-state index is 2.49. The molecule has 0 aromatic heterocycles. The number of benzene rings is 10. The fraction of sp³-hybridized carbons (Fsp3) is 0.0476. The molecule has 10 aromatic carbocycles. The van der Waals surface area contributed by atoms with Crippen LogP contribution in [0.2, 0.25) is 0 Å². The summed E-state index contributed by atoms with van der Waals surface area (Å²) in [6, 6.07) is 38.6. The van der Waals surface area contributed by atoms with Crippen LogP contribution in [0.5, 0.6) is 0 Å². The molecule has 0 bridgehead atoms. The van der Waals surface area contributed by atoms with Gasteiger partial charge in [-0.05, 0) is 154 Å². The zero-order chi connectivity index (χ0) is 26.3. The molecule has 0 saturated carbocycles. The maximum atomic E-state index is 2.49. The molecule has 4 aliphatic rings. The molecule has 0 spiro atoms. The van der Waals surface area contributed by atoms with Crippen molar-refractivity contribution in [3.8, 4) is 0 Å². The van der Waals surface area contributed by atoms with Gasteiger partial charge in [0.15, 0.2) is 0 Å². The van der Waals surface area contributed by atoms with Crippen molar-refractivity contribution in [3.63, 3.8) is 0 Å². The average molecular weight is 523 g/mol. The molecule has 0 heterocycles. The Bertz CT molecular complexity index is 2750. The summed E-state index contributed by atoms with van der Waals surface area (Å²) in [6.07, 6.45) is 0. The summed E-state index contributed by atoms with van der Waals surface area (Å²) in [5, 5.41) is 29.0. The Labute approximate surface area is 238 Å². The van der Waals surface area contributed by atoms with E-state index in [0.717, 1.165) is 0 Å². The molecule has 0 fully saturated rings. The van der Waals surface area contributed by atoms with Crippen LogP contribution in [0.25, 0.3) is 108 Å². The lowest BCUT2D eigenvalue weighted by atomic mass is 9.77. The zero-order valence-electron chi connectivity index (χ0n) is 22.4. The summed E-state index contributed by atoms with van der Waals surface area (Å²) in [7, 11) is 0. The van der Waals surface area contributed by atoms with E-state index in [9.17, 15) is 0 Å². The fourth-order valence-electron chi connectivity index (χ4n) is 10.8. The Balaban J connectivity index is 1.49. The number of hydrogen-bond donors (Lipinski definition) is 0. The van der Waals surface area contributed by atoms with Crippen LogP contribution in [0, 0.1) is 0 Å². The van der Waals surface area contributed by atoms with Crippen LogP contribution in [0.3, 0.4) is 0 Å². The van der Waals surface area contributed by atoms with E-state index in [0.29, 0.717) is 11.8 Å². The molecule has 0 heteroatoms. The molecular weight excluding hydrogens is 504 g/mol. The predicted octanol–water partition coefficient (Wildman–Crippen LogP) is 11.4. The van der Waals surface area contributed by atoms with Crippen LogP contribution in [-0.4, -0.2) is 0 Å². The maximum Gasteiger partial charge on any atom is 0.0225 e. The summed E-state index contributed by atoms with van der Waals surface area (Å²) in [4.78, 5) is 0. The van der Waals surface area contributed by atoms with Gasteiger partial charge in [-0.1, -0.05) is 72.8 Å². The zero-order valence-corrected chi connectivity index (χ0v) is 22.4. The van der Waals surface area contributed by atoms with Crippen molar-refractivity contribution < 1.29 is 0 Å². The Morgan fingerprint density at radius 2 is 0.405 bits per heavy atom. The average Bonchev–Trinajstić information content (AvgIpc) is 3.47. The van der Waals surface area contributed by atoms with Crippen LogP contribution < -0.4 is 0 Å². The molecule has 0 saturated heterocycles. The summed E-state index contributed by atoms with van der Waals surface area (Å²) >= 11 is 0. The number of rotatable bonds is 0. The molecule has 186 valence electrons. The first-order valence-corrected chi connectivity index (χ1v) is 15.3. The smallest absolute Gasteiger partial charge is 0.0225 e. The van der Waals surface area contributed by atoms with E-state index >= 15 is 0 Å². The van der Waals surface area contributed by atoms with Crippen LogP contribution in [0.4, 0.5) is 0 Å². The lowest BCUT2D eigenvalue weighted by molar-refractivity contribution is 0.750. The van der Waals surface area contributed by atoms with E-state index < -0.39 is 0 Å². The second kappa shape index (κ2) is 5.50. The van der Waals surface area contributed by atoms with Crippen LogP contribution in [0.15, 0.2) is 97.1 Å². The van der Waals surface area contributed by atoms with E-state index in [4.69, 9.17) is 0 Å². The van der Waals surface area contributed by atoms with Gasteiger partial charge in [0.2, 0.25) is 0 Å². The SMILES string of the molecule is c1cc2cc3ccc4ccc5cc6ccc7cc8ccc9ccc%10cc1c1c%11c%10c9c8c8c7c6c6c5c4c3c(c21)C%11C86. The summed E-state index contributed by atoms with van der Waals surface area (Å²) < 4.78 is 0. The van der Waals surface area contributed by atoms with Crippen LogP contribution >= 0.6 is 0 Å². The summed E-state index contributed by atoms with van der Waals surface area (Å²) in [5.41, 5.74) is 6.41. The van der Waals surface area contributed by atoms with E-state index in [1.54, 1.807) is 22.3 Å². The minimum atomic E-state index is 0.311. The Kier molecular flexibility index (Phi) is 2.49. The number of hydrogen-bond acceptors (Lipinski definition) is 0. The highest BCUT2D eigenvalue weighted by atomic mass is 14.5. The van der Waals surface area contributed by atoms with Gasteiger partial charge in [-0.15, -0.1) is 0 Å². The molecule has 0 unspecified atom stereocenters. The molecule has 0 N–H and O–H groups in total. The normalized spacial score (nSPS) is 18.5. The fourth-order valence-corrected chi connectivity index (χ4v) is 10.8. The lowest BCUT2D eigenvalue weighted by Crippen LogP contribution is -2.09. The van der Waals surface area contributed by atoms with Gasteiger partial charge in [0.05, 0.1) is 0 Å². The largest absolute Gasteiger partial charge is 0.0537 e. The lowest BCUT2D eigenvalue weighted by Gasteiger charge is -2.24. The van der Waals surface area contributed by atoms with E-state index in [2.05, 4.69) is 97.1 Å². The third kappa shape index (κ3) is 1.62. The molecule has 0 amide bonds. The van der Waals surface area contributed by atoms with Gasteiger partial charge < -0.3 is 0 Å².